The summed E-state index contributed by atoms with van der Waals surface area (Å²) in [7, 11) is 0. The third-order valence-corrected chi connectivity index (χ3v) is 6.78. The third kappa shape index (κ3) is 5.46. The molecule has 1 aromatic carbocycles. The lowest BCUT2D eigenvalue weighted by atomic mass is 9.75. The first kappa shape index (κ1) is 24.2. The molecule has 3 amide bonds. The second-order valence-corrected chi connectivity index (χ2v) is 9.68. The molecule has 1 aliphatic carbocycles. The fraction of sp³-hybridized carbons (Fsp3) is 0.625. The largest absolute Gasteiger partial charge is 0.330 e. The lowest BCUT2D eigenvalue weighted by Crippen LogP contribution is -2.52. The van der Waals surface area contributed by atoms with Gasteiger partial charge in [0, 0.05) is 18.7 Å². The van der Waals surface area contributed by atoms with Gasteiger partial charge in [0.2, 0.25) is 17.7 Å². The maximum atomic E-state index is 13.7. The van der Waals surface area contributed by atoms with E-state index < -0.39 is 17.4 Å². The minimum Gasteiger partial charge on any atom is -0.330 e. The highest BCUT2D eigenvalue weighted by atomic mass is 19.1. The Morgan fingerprint density at radius 2 is 1.84 bits per heavy atom. The van der Waals surface area contributed by atoms with E-state index in [1.807, 2.05) is 13.8 Å². The Morgan fingerprint density at radius 3 is 2.44 bits per heavy atom. The number of benzene rings is 1. The number of amides is 3. The van der Waals surface area contributed by atoms with Crippen LogP contribution in [-0.2, 0) is 14.4 Å². The van der Waals surface area contributed by atoms with Gasteiger partial charge in [-0.3, -0.25) is 19.6 Å². The number of carbonyl (C=O) groups excluding carboxylic acids is 3. The van der Waals surface area contributed by atoms with Crippen LogP contribution in [0.1, 0.15) is 65.2 Å². The van der Waals surface area contributed by atoms with Crippen molar-refractivity contribution in [1.29, 1.82) is 0 Å². The zero-order valence-corrected chi connectivity index (χ0v) is 18.9. The number of rotatable bonds is 8. The van der Waals surface area contributed by atoms with Crippen molar-refractivity contribution in [2.75, 3.05) is 11.9 Å². The average molecular weight is 448 g/mol. The van der Waals surface area contributed by atoms with E-state index in [0.29, 0.717) is 25.1 Å². The number of likely N-dealkylation sites (tertiary alicyclic amines) is 1. The van der Waals surface area contributed by atoms with Gasteiger partial charge < -0.3 is 10.2 Å². The SMILES string of the molecule is CC(C)C[C@@]1(CC(=O)NO)CCN([C@@H](C(=O)Nc2ccc(F)cc2)C2CCCCC2)C1=O. The molecule has 32 heavy (non-hydrogen) atoms. The van der Waals surface area contributed by atoms with Crippen LogP contribution in [0.5, 0.6) is 0 Å². The molecule has 3 N–H and O–H groups in total. The van der Waals surface area contributed by atoms with E-state index >= 15 is 0 Å². The predicted molar refractivity (Wildman–Crippen MR) is 118 cm³/mol. The number of hydrogen-bond donors (Lipinski definition) is 3. The molecule has 1 aliphatic heterocycles. The van der Waals surface area contributed by atoms with E-state index in [9.17, 15) is 18.8 Å². The van der Waals surface area contributed by atoms with Gasteiger partial charge in [-0.15, -0.1) is 0 Å². The molecule has 0 spiro atoms. The zero-order valence-electron chi connectivity index (χ0n) is 18.9. The number of carbonyl (C=O) groups is 3. The molecule has 0 aromatic heterocycles. The Morgan fingerprint density at radius 1 is 1.19 bits per heavy atom. The van der Waals surface area contributed by atoms with Crippen molar-refractivity contribution < 1.29 is 24.0 Å². The zero-order chi connectivity index (χ0) is 23.3. The highest BCUT2D eigenvalue weighted by Gasteiger charge is 2.52. The molecule has 2 aliphatic rings. The smallest absolute Gasteiger partial charge is 0.247 e. The second-order valence-electron chi connectivity index (χ2n) is 9.68. The van der Waals surface area contributed by atoms with Gasteiger partial charge in [0.15, 0.2) is 0 Å². The van der Waals surface area contributed by atoms with Crippen LogP contribution in [0, 0.1) is 23.1 Å². The summed E-state index contributed by atoms with van der Waals surface area (Å²) in [6.45, 7) is 4.38. The van der Waals surface area contributed by atoms with Crippen LogP contribution in [0.3, 0.4) is 0 Å². The van der Waals surface area contributed by atoms with Crippen LogP contribution in [0.15, 0.2) is 24.3 Å². The molecule has 0 radical (unpaired) electrons. The highest BCUT2D eigenvalue weighted by molar-refractivity contribution is 5.99. The van der Waals surface area contributed by atoms with Gasteiger partial charge in [-0.2, -0.15) is 0 Å². The standard InChI is InChI=1S/C24H34FN3O4/c1-16(2)14-24(15-20(29)27-32)12-13-28(23(24)31)21(17-6-4-3-5-7-17)22(30)26-19-10-8-18(25)9-11-19/h8-11,16-17,21,32H,3-7,12-15H2,1-2H3,(H,26,30)(H,27,29)/t21-,24-/m1/s1. The number of nitrogens with one attached hydrogen (secondary N) is 2. The molecular weight excluding hydrogens is 413 g/mol. The van der Waals surface area contributed by atoms with E-state index in [2.05, 4.69) is 5.32 Å². The summed E-state index contributed by atoms with van der Waals surface area (Å²) in [5.41, 5.74) is 1.22. The molecule has 1 saturated heterocycles. The minimum absolute atomic E-state index is 0.0367. The third-order valence-electron chi connectivity index (χ3n) is 6.78. The summed E-state index contributed by atoms with van der Waals surface area (Å²) in [5, 5.41) is 11.9. The normalized spacial score (nSPS) is 22.8. The molecule has 2 atom stereocenters. The van der Waals surface area contributed by atoms with E-state index in [4.69, 9.17) is 5.21 Å². The van der Waals surface area contributed by atoms with Crippen molar-refractivity contribution in [3.63, 3.8) is 0 Å². The lowest BCUT2D eigenvalue weighted by Gasteiger charge is -2.37. The number of nitrogens with zero attached hydrogens (tertiary/aromatic N) is 1. The first-order chi connectivity index (χ1) is 15.3. The summed E-state index contributed by atoms with van der Waals surface area (Å²) in [6, 6.07) is 4.94. The topological polar surface area (TPSA) is 98.7 Å². The molecule has 2 fully saturated rings. The van der Waals surface area contributed by atoms with Crippen LogP contribution in [-0.4, -0.2) is 40.4 Å². The van der Waals surface area contributed by atoms with Crippen molar-refractivity contribution in [1.82, 2.24) is 10.4 Å². The number of anilines is 1. The van der Waals surface area contributed by atoms with Crippen molar-refractivity contribution in [3.05, 3.63) is 30.1 Å². The van der Waals surface area contributed by atoms with Gasteiger partial charge in [0.05, 0.1) is 5.41 Å². The number of hydroxylamine groups is 1. The molecular formula is C24H34FN3O4. The van der Waals surface area contributed by atoms with Crippen LogP contribution >= 0.6 is 0 Å². The van der Waals surface area contributed by atoms with Crippen molar-refractivity contribution >= 4 is 23.4 Å². The average Bonchev–Trinajstić information content (AvgIpc) is 3.06. The minimum atomic E-state index is -0.927. The van der Waals surface area contributed by atoms with Crippen LogP contribution in [0.4, 0.5) is 10.1 Å². The maximum absolute atomic E-state index is 13.7. The van der Waals surface area contributed by atoms with E-state index in [0.717, 1.165) is 32.1 Å². The van der Waals surface area contributed by atoms with Crippen molar-refractivity contribution in [2.24, 2.45) is 17.3 Å². The quantitative estimate of drug-likeness (QED) is 0.416. The summed E-state index contributed by atoms with van der Waals surface area (Å²) < 4.78 is 13.3. The fourth-order valence-corrected chi connectivity index (χ4v) is 5.48. The molecule has 0 bridgehead atoms. The number of hydrogen-bond acceptors (Lipinski definition) is 4. The van der Waals surface area contributed by atoms with Crippen LogP contribution in [0.2, 0.25) is 0 Å². The number of halogens is 1. The van der Waals surface area contributed by atoms with Gasteiger partial charge in [-0.25, -0.2) is 9.87 Å². The van der Waals surface area contributed by atoms with E-state index in [1.165, 1.54) is 24.3 Å². The van der Waals surface area contributed by atoms with E-state index in [1.54, 1.807) is 10.4 Å². The molecule has 8 heteroatoms. The molecule has 1 saturated carbocycles. The lowest BCUT2D eigenvalue weighted by molar-refractivity contribution is -0.147. The van der Waals surface area contributed by atoms with Crippen molar-refractivity contribution in [2.45, 2.75) is 71.3 Å². The van der Waals surface area contributed by atoms with Crippen molar-refractivity contribution in [3.8, 4) is 0 Å². The Bertz CT molecular complexity index is 823. The summed E-state index contributed by atoms with van der Waals surface area (Å²) in [6.07, 6.45) is 5.73. The van der Waals surface area contributed by atoms with Crippen LogP contribution in [0.25, 0.3) is 0 Å². The molecule has 176 valence electrons. The van der Waals surface area contributed by atoms with Crippen LogP contribution < -0.4 is 10.8 Å². The summed E-state index contributed by atoms with van der Waals surface area (Å²) in [4.78, 5) is 40.9. The molecule has 1 heterocycles. The fourth-order valence-electron chi connectivity index (χ4n) is 5.48. The van der Waals surface area contributed by atoms with Gasteiger partial charge in [-0.05, 0) is 61.8 Å². The molecule has 0 unspecified atom stereocenters. The summed E-state index contributed by atoms with van der Waals surface area (Å²) in [5.74, 6) is -1.24. The van der Waals surface area contributed by atoms with Gasteiger partial charge in [-0.1, -0.05) is 33.1 Å². The first-order valence-corrected chi connectivity index (χ1v) is 11.6. The second kappa shape index (κ2) is 10.4. The van der Waals surface area contributed by atoms with Gasteiger partial charge >= 0.3 is 0 Å². The van der Waals surface area contributed by atoms with Gasteiger partial charge in [0.25, 0.3) is 0 Å². The predicted octanol–water partition coefficient (Wildman–Crippen LogP) is 3.87. The van der Waals surface area contributed by atoms with Gasteiger partial charge in [0.1, 0.15) is 11.9 Å². The Labute approximate surface area is 188 Å². The summed E-state index contributed by atoms with van der Waals surface area (Å²) >= 11 is 0. The first-order valence-electron chi connectivity index (χ1n) is 11.6. The Hall–Kier alpha value is -2.48. The highest BCUT2D eigenvalue weighted by Crippen LogP contribution is 2.44. The molecule has 1 aromatic rings. The molecule has 7 nitrogen and oxygen atoms in total. The molecule has 3 rings (SSSR count). The Balaban J connectivity index is 1.88. The maximum Gasteiger partial charge on any atom is 0.247 e. The van der Waals surface area contributed by atoms with E-state index in [-0.39, 0.29) is 35.9 Å². The monoisotopic (exact) mass is 447 g/mol. The Kier molecular flexibility index (Phi) is 7.87.